The monoisotopic (exact) mass is 635 g/mol. The van der Waals surface area contributed by atoms with Crippen molar-refractivity contribution < 1.29 is 27.5 Å². The van der Waals surface area contributed by atoms with Crippen LogP contribution >= 0.6 is 11.6 Å². The molecule has 4 aromatic rings. The number of carbonyl (C=O) groups is 3. The summed E-state index contributed by atoms with van der Waals surface area (Å²) in [5.41, 5.74) is 0.828. The highest BCUT2D eigenvalue weighted by Crippen LogP contribution is 2.27. The van der Waals surface area contributed by atoms with Crippen LogP contribution in [0.1, 0.15) is 24.4 Å². The van der Waals surface area contributed by atoms with Crippen LogP contribution in [0.5, 0.6) is 5.75 Å². The lowest BCUT2D eigenvalue weighted by Crippen LogP contribution is -2.55. The summed E-state index contributed by atoms with van der Waals surface area (Å²) in [6.45, 7) is 2.82. The van der Waals surface area contributed by atoms with Crippen molar-refractivity contribution in [1.82, 2.24) is 24.7 Å². The zero-order valence-corrected chi connectivity index (χ0v) is 25.4. The summed E-state index contributed by atoms with van der Waals surface area (Å²) < 4.78 is 34.1. The molecule has 1 aromatic heterocycles. The molecule has 13 heteroatoms. The Labute approximate surface area is 259 Å². The number of aryl methyl sites for hydroxylation is 1. The number of piperidine rings is 1. The van der Waals surface area contributed by atoms with Gasteiger partial charge >= 0.3 is 12.1 Å². The highest BCUT2D eigenvalue weighted by Gasteiger charge is 2.38. The van der Waals surface area contributed by atoms with Gasteiger partial charge in [-0.05, 0) is 66.9 Å². The number of imidazole rings is 1. The van der Waals surface area contributed by atoms with Gasteiger partial charge in [-0.15, -0.1) is 0 Å². The van der Waals surface area contributed by atoms with E-state index in [0.717, 1.165) is 11.1 Å². The van der Waals surface area contributed by atoms with Crippen molar-refractivity contribution in [3.05, 3.63) is 89.5 Å². The van der Waals surface area contributed by atoms with E-state index >= 15 is 0 Å². The van der Waals surface area contributed by atoms with Crippen LogP contribution in [0.2, 0.25) is 5.02 Å². The van der Waals surface area contributed by atoms with E-state index in [0.29, 0.717) is 48.7 Å². The minimum absolute atomic E-state index is 0.0169. The average Bonchev–Trinajstić information content (AvgIpc) is 3.55. The van der Waals surface area contributed by atoms with Gasteiger partial charge in [-0.3, -0.25) is 9.36 Å². The normalized spacial score (nSPS) is 16.2. The number of halogens is 1. The first-order chi connectivity index (χ1) is 21.1. The molecule has 0 unspecified atom stereocenters. The summed E-state index contributed by atoms with van der Waals surface area (Å²) >= 11 is 6.07. The number of benzene rings is 3. The number of amides is 3. The molecule has 0 saturated carbocycles. The predicted octanol–water partition coefficient (Wildman–Crippen LogP) is 4.40. The zero-order chi connectivity index (χ0) is 31.0. The van der Waals surface area contributed by atoms with Gasteiger partial charge in [0.2, 0.25) is 5.91 Å². The van der Waals surface area contributed by atoms with Gasteiger partial charge in [-0.25, -0.2) is 23.0 Å². The Bertz CT molecular complexity index is 1850. The maximum absolute atomic E-state index is 13.8. The Morgan fingerprint density at radius 1 is 1.05 bits per heavy atom. The van der Waals surface area contributed by atoms with E-state index in [1.165, 1.54) is 17.0 Å². The van der Waals surface area contributed by atoms with E-state index in [9.17, 15) is 22.8 Å². The number of hydrogen-bond donors (Lipinski definition) is 1. The average molecular weight is 636 g/mol. The van der Waals surface area contributed by atoms with E-state index in [1.807, 2.05) is 0 Å². The van der Waals surface area contributed by atoms with E-state index in [2.05, 4.69) is 10.3 Å². The van der Waals surface area contributed by atoms with E-state index in [-0.39, 0.29) is 22.7 Å². The molecule has 0 aliphatic carbocycles. The van der Waals surface area contributed by atoms with Crippen molar-refractivity contribution >= 4 is 50.2 Å². The molecule has 2 aliphatic rings. The van der Waals surface area contributed by atoms with Gasteiger partial charge in [0.1, 0.15) is 17.6 Å². The fourth-order valence-electron chi connectivity index (χ4n) is 5.78. The number of rotatable bonds is 7. The molecule has 2 aliphatic heterocycles. The van der Waals surface area contributed by atoms with Gasteiger partial charge < -0.3 is 19.9 Å². The van der Waals surface area contributed by atoms with Gasteiger partial charge in [-0.1, -0.05) is 41.9 Å². The number of carbonyl (C=O) groups excluding carboxylic acids is 3. The first kappa shape index (κ1) is 29.6. The lowest BCUT2D eigenvalue weighted by molar-refractivity contribution is -0.134. The number of fused-ring (bicyclic) bond motifs is 2. The van der Waals surface area contributed by atoms with Crippen molar-refractivity contribution in [2.75, 3.05) is 18.8 Å². The molecule has 228 valence electrons. The largest absolute Gasteiger partial charge is 0.413 e. The standard InChI is InChI=1S/C31H30ClN5O6S/c1-20-33-17-25-18-36(31(40)37(20)25)24-11-13-35(14-12-24)29(38)28(34-30(39)43-26-5-3-2-4-6-26)19-44(41,42)27-10-8-21-15-23(32)9-7-22(21)16-27/h2-10,15-17,24,28H,11-14,18-19H2,1H3,(H,34,39)/t28-/m1/s1. The van der Waals surface area contributed by atoms with E-state index < -0.39 is 33.6 Å². The van der Waals surface area contributed by atoms with Gasteiger partial charge in [0.15, 0.2) is 9.84 Å². The Kier molecular flexibility index (Phi) is 8.04. The Morgan fingerprint density at radius 3 is 2.48 bits per heavy atom. The van der Waals surface area contributed by atoms with Gasteiger partial charge in [0.25, 0.3) is 0 Å². The number of hydrogen-bond acceptors (Lipinski definition) is 7. The number of likely N-dealkylation sites (tertiary alicyclic amines) is 1. The fraction of sp³-hybridized carbons (Fsp3) is 0.290. The topological polar surface area (TPSA) is 131 Å². The van der Waals surface area contributed by atoms with Crippen LogP contribution in [-0.4, -0.2) is 76.7 Å². The summed E-state index contributed by atoms with van der Waals surface area (Å²) in [6.07, 6.45) is 1.77. The molecule has 0 bridgehead atoms. The molecular formula is C31H30ClN5O6S. The second-order valence-corrected chi connectivity index (χ2v) is 13.4. The molecule has 3 aromatic carbocycles. The molecule has 0 radical (unpaired) electrons. The van der Waals surface area contributed by atoms with Crippen molar-refractivity contribution in [3.63, 3.8) is 0 Å². The first-order valence-corrected chi connectivity index (χ1v) is 16.2. The van der Waals surface area contributed by atoms with E-state index in [4.69, 9.17) is 16.3 Å². The van der Waals surface area contributed by atoms with Gasteiger partial charge in [0, 0.05) is 24.2 Å². The smallest absolute Gasteiger partial charge is 0.410 e. The summed E-state index contributed by atoms with van der Waals surface area (Å²) in [4.78, 5) is 47.2. The molecule has 11 nitrogen and oxygen atoms in total. The minimum Gasteiger partial charge on any atom is -0.410 e. The zero-order valence-electron chi connectivity index (χ0n) is 23.9. The molecule has 3 amide bonds. The second-order valence-electron chi connectivity index (χ2n) is 10.9. The molecule has 3 heterocycles. The van der Waals surface area contributed by atoms with Crippen molar-refractivity contribution in [1.29, 1.82) is 0 Å². The van der Waals surface area contributed by atoms with Crippen LogP contribution in [0.15, 0.2) is 77.8 Å². The quantitative estimate of drug-likeness (QED) is 0.318. The van der Waals surface area contributed by atoms with Crippen molar-refractivity contribution in [3.8, 4) is 5.75 Å². The second kappa shape index (κ2) is 11.9. The van der Waals surface area contributed by atoms with Crippen LogP contribution in [0.3, 0.4) is 0 Å². The number of sulfone groups is 1. The lowest BCUT2D eigenvalue weighted by Gasteiger charge is -2.37. The van der Waals surface area contributed by atoms with E-state index in [1.54, 1.807) is 77.2 Å². The van der Waals surface area contributed by atoms with Gasteiger partial charge in [0.05, 0.1) is 29.1 Å². The molecule has 44 heavy (non-hydrogen) atoms. The molecule has 1 fully saturated rings. The third-order valence-corrected chi connectivity index (χ3v) is 10.0. The van der Waals surface area contributed by atoms with Crippen LogP contribution in [0, 0.1) is 6.92 Å². The van der Waals surface area contributed by atoms with Crippen molar-refractivity contribution in [2.24, 2.45) is 0 Å². The minimum atomic E-state index is -4.04. The fourth-order valence-corrected chi connectivity index (χ4v) is 7.40. The Hall–Kier alpha value is -4.42. The highest BCUT2D eigenvalue weighted by atomic mass is 35.5. The Balaban J connectivity index is 1.18. The molecule has 1 N–H and O–H groups in total. The van der Waals surface area contributed by atoms with Crippen LogP contribution in [0.25, 0.3) is 10.8 Å². The number of nitrogens with one attached hydrogen (secondary N) is 1. The maximum Gasteiger partial charge on any atom is 0.413 e. The third kappa shape index (κ3) is 6.00. The van der Waals surface area contributed by atoms with Crippen LogP contribution in [-0.2, 0) is 21.2 Å². The summed E-state index contributed by atoms with van der Waals surface area (Å²) in [5.74, 6) is -0.322. The third-order valence-electron chi connectivity index (χ3n) is 8.06. The summed E-state index contributed by atoms with van der Waals surface area (Å²) in [6, 6.07) is 16.4. The van der Waals surface area contributed by atoms with Crippen LogP contribution < -0.4 is 10.1 Å². The maximum atomic E-state index is 13.8. The summed E-state index contributed by atoms with van der Waals surface area (Å²) in [5, 5.41) is 4.47. The molecular weight excluding hydrogens is 606 g/mol. The predicted molar refractivity (Wildman–Crippen MR) is 163 cm³/mol. The number of para-hydroxylation sites is 1. The number of aromatic nitrogens is 2. The molecule has 0 spiro atoms. The Morgan fingerprint density at radius 2 is 1.75 bits per heavy atom. The summed E-state index contributed by atoms with van der Waals surface area (Å²) in [7, 11) is -4.04. The van der Waals surface area contributed by atoms with Crippen LogP contribution in [0.4, 0.5) is 9.59 Å². The van der Waals surface area contributed by atoms with Crippen molar-refractivity contribution in [2.45, 2.75) is 43.3 Å². The molecule has 1 atom stereocenters. The number of ether oxygens (including phenoxy) is 1. The number of nitrogens with zero attached hydrogens (tertiary/aromatic N) is 4. The first-order valence-electron chi connectivity index (χ1n) is 14.2. The highest BCUT2D eigenvalue weighted by molar-refractivity contribution is 7.91. The lowest BCUT2D eigenvalue weighted by atomic mass is 10.0. The van der Waals surface area contributed by atoms with Gasteiger partial charge in [-0.2, -0.15) is 0 Å². The molecule has 1 saturated heterocycles. The molecule has 6 rings (SSSR count). The SMILES string of the molecule is Cc1ncc2n1C(=O)N(C1CCN(C(=O)[C@@H](CS(=O)(=O)c3ccc4cc(Cl)ccc4c3)NC(=O)Oc3ccccc3)CC1)C2.